The van der Waals surface area contributed by atoms with Gasteiger partial charge in [0.2, 0.25) is 0 Å². The molecule has 1 aromatic heterocycles. The molecule has 118 valence electrons. The van der Waals surface area contributed by atoms with Crippen LogP contribution in [0.2, 0.25) is 0 Å². The summed E-state index contributed by atoms with van der Waals surface area (Å²) in [5.74, 6) is 0.341. The van der Waals surface area contributed by atoms with Crippen molar-refractivity contribution in [2.24, 2.45) is 0 Å². The molecule has 0 aliphatic heterocycles. The Kier molecular flexibility index (Phi) is 4.08. The van der Waals surface area contributed by atoms with E-state index in [9.17, 15) is 13.0 Å². The van der Waals surface area contributed by atoms with Crippen molar-refractivity contribution in [2.75, 3.05) is 11.2 Å². The predicted octanol–water partition coefficient (Wildman–Crippen LogP) is 0.964. The highest BCUT2D eigenvalue weighted by molar-refractivity contribution is 7.86. The Bertz CT molecular complexity index is 848. The van der Waals surface area contributed by atoms with Crippen molar-refractivity contribution in [1.82, 2.24) is 4.98 Å². The molecule has 0 unspecified atom stereocenters. The van der Waals surface area contributed by atoms with E-state index >= 15 is 0 Å². The van der Waals surface area contributed by atoms with Crippen LogP contribution in [-0.4, -0.2) is 18.0 Å². The topological polar surface area (TPSA) is 112 Å². The van der Waals surface area contributed by atoms with E-state index in [4.69, 9.17) is 5.73 Å². The van der Waals surface area contributed by atoms with Crippen LogP contribution in [0, 0.1) is 27.7 Å². The molecule has 0 radical (unpaired) electrons. The Labute approximate surface area is 129 Å². The molecule has 1 aromatic carbocycles. The van der Waals surface area contributed by atoms with E-state index in [0.717, 1.165) is 5.56 Å². The molecule has 7 nitrogen and oxygen atoms in total. The van der Waals surface area contributed by atoms with E-state index in [-0.39, 0.29) is 10.6 Å². The summed E-state index contributed by atoms with van der Waals surface area (Å²) in [4.78, 5) is 3.84. The van der Waals surface area contributed by atoms with E-state index in [1.165, 1.54) is 4.68 Å². The van der Waals surface area contributed by atoms with E-state index in [0.29, 0.717) is 22.8 Å². The third-order valence-electron chi connectivity index (χ3n) is 3.31. The Morgan fingerprint density at radius 2 is 1.86 bits per heavy atom. The number of nitrogens with zero attached hydrogens (tertiary/aromatic N) is 2. The van der Waals surface area contributed by atoms with Gasteiger partial charge in [-0.2, -0.15) is 0 Å². The molecule has 0 bridgehead atoms. The molecule has 0 amide bonds. The van der Waals surface area contributed by atoms with Gasteiger partial charge in [-0.05, 0) is 38.0 Å². The van der Waals surface area contributed by atoms with Crippen LogP contribution in [0.4, 0.5) is 11.5 Å². The first kappa shape index (κ1) is 16.2. The van der Waals surface area contributed by atoms with Crippen LogP contribution in [0.25, 0.3) is 0 Å². The van der Waals surface area contributed by atoms with Crippen LogP contribution in [0.5, 0.6) is 0 Å². The lowest BCUT2D eigenvalue weighted by molar-refractivity contribution is -0.635. The maximum atomic E-state index is 11.6. The molecule has 0 aliphatic carbocycles. The van der Waals surface area contributed by atoms with Gasteiger partial charge >= 0.3 is 5.82 Å². The average molecular weight is 322 g/mol. The maximum absolute atomic E-state index is 11.6. The minimum Gasteiger partial charge on any atom is -0.744 e. The number of aryl methyl sites for hydroxylation is 4. The number of rotatable bonds is 3. The normalized spacial score (nSPS) is 11.5. The van der Waals surface area contributed by atoms with E-state index in [1.54, 1.807) is 39.1 Å². The fraction of sp³-hybridized carbons (Fsp3) is 0.286. The zero-order valence-corrected chi connectivity index (χ0v) is 13.7. The van der Waals surface area contributed by atoms with Gasteiger partial charge < -0.3 is 4.55 Å². The number of anilines is 2. The minimum atomic E-state index is -4.62. The Hall–Kier alpha value is -2.19. The van der Waals surface area contributed by atoms with Crippen molar-refractivity contribution in [2.45, 2.75) is 32.6 Å². The lowest BCUT2D eigenvalue weighted by Crippen LogP contribution is -2.48. The summed E-state index contributed by atoms with van der Waals surface area (Å²) in [5.41, 5.74) is 11.6. The third-order valence-corrected chi connectivity index (χ3v) is 4.35. The number of hydrogen-bond acceptors (Lipinski definition) is 6. The van der Waals surface area contributed by atoms with Crippen molar-refractivity contribution in [3.05, 3.63) is 40.8 Å². The molecule has 0 spiro atoms. The molecule has 2 rings (SSSR count). The number of nitrogens with two attached hydrogens (primary N) is 1. The molecule has 8 heteroatoms. The van der Waals surface area contributed by atoms with Gasteiger partial charge in [-0.3, -0.25) is 5.73 Å². The van der Waals surface area contributed by atoms with Gasteiger partial charge in [-0.1, -0.05) is 6.07 Å². The molecular weight excluding hydrogens is 304 g/mol. The van der Waals surface area contributed by atoms with Gasteiger partial charge in [0, 0.05) is 6.92 Å². The Balaban J connectivity index is 2.68. The first-order valence-corrected chi connectivity index (χ1v) is 8.00. The predicted molar refractivity (Wildman–Crippen MR) is 81.2 cm³/mol. The number of nitrogens with one attached hydrogen (secondary N) is 1. The molecule has 0 fully saturated rings. The highest BCUT2D eigenvalue weighted by Gasteiger charge is 2.18. The van der Waals surface area contributed by atoms with Crippen LogP contribution in [0.15, 0.2) is 23.2 Å². The monoisotopic (exact) mass is 322 g/mol. The molecule has 1 heterocycles. The second-order valence-corrected chi connectivity index (χ2v) is 6.55. The summed E-state index contributed by atoms with van der Waals surface area (Å²) < 4.78 is 36.2. The molecule has 2 aromatic rings. The minimum absolute atomic E-state index is 0.193. The van der Waals surface area contributed by atoms with Gasteiger partial charge in [0.05, 0.1) is 16.8 Å². The van der Waals surface area contributed by atoms with E-state index in [1.807, 2.05) is 6.92 Å². The average Bonchev–Trinajstić information content (AvgIpc) is 2.36. The standard InChI is InChI=1S/C14H18N4O3S/c1-8-5-9(2)13(22(19,20)21)12(6-8)17-18-10(3)7-16-11(4)14(18)15/h5-7,15,17H,1-4H3,(H,19,20,21). The molecule has 0 saturated carbocycles. The van der Waals surface area contributed by atoms with E-state index in [2.05, 4.69) is 10.4 Å². The van der Waals surface area contributed by atoms with Gasteiger partial charge in [-0.15, -0.1) is 4.68 Å². The van der Waals surface area contributed by atoms with Crippen molar-refractivity contribution >= 4 is 21.6 Å². The molecule has 0 atom stereocenters. The summed E-state index contributed by atoms with van der Waals surface area (Å²) in [6.07, 6.45) is 1.60. The number of benzene rings is 1. The maximum Gasteiger partial charge on any atom is 0.317 e. The summed E-state index contributed by atoms with van der Waals surface area (Å²) in [6, 6.07) is 3.24. The van der Waals surface area contributed by atoms with Crippen LogP contribution in [0.1, 0.15) is 22.5 Å². The van der Waals surface area contributed by atoms with Crippen molar-refractivity contribution in [3.8, 4) is 0 Å². The van der Waals surface area contributed by atoms with Crippen LogP contribution < -0.4 is 15.8 Å². The SMILES string of the molecule is Cc1cc(C)c(S(=O)(=O)[O-])c(N[n+]2c(C)cnc(C)c2N)c1. The first-order chi connectivity index (χ1) is 10.1. The van der Waals surface area contributed by atoms with Gasteiger partial charge in [0.15, 0.2) is 0 Å². The lowest BCUT2D eigenvalue weighted by atomic mass is 10.1. The van der Waals surface area contributed by atoms with E-state index < -0.39 is 10.1 Å². The summed E-state index contributed by atoms with van der Waals surface area (Å²) >= 11 is 0. The molecular formula is C14H18N4O3S. The number of hydrogen-bond donors (Lipinski definition) is 2. The number of aromatic nitrogens is 2. The quantitative estimate of drug-likeness (QED) is 0.643. The van der Waals surface area contributed by atoms with Crippen LogP contribution >= 0.6 is 0 Å². The van der Waals surface area contributed by atoms with Crippen LogP contribution in [0.3, 0.4) is 0 Å². The second-order valence-electron chi connectivity index (χ2n) is 5.23. The molecule has 0 aliphatic rings. The molecule has 22 heavy (non-hydrogen) atoms. The smallest absolute Gasteiger partial charge is 0.317 e. The first-order valence-electron chi connectivity index (χ1n) is 6.59. The van der Waals surface area contributed by atoms with Crippen molar-refractivity contribution < 1.29 is 17.6 Å². The lowest BCUT2D eigenvalue weighted by Gasteiger charge is -2.18. The fourth-order valence-corrected chi connectivity index (χ4v) is 3.13. The Morgan fingerprint density at radius 1 is 1.23 bits per heavy atom. The van der Waals surface area contributed by atoms with Gasteiger partial charge in [0.25, 0.3) is 0 Å². The highest BCUT2D eigenvalue weighted by Crippen LogP contribution is 2.26. The van der Waals surface area contributed by atoms with Crippen LogP contribution in [-0.2, 0) is 10.1 Å². The largest absolute Gasteiger partial charge is 0.744 e. The highest BCUT2D eigenvalue weighted by atomic mass is 32.2. The van der Waals surface area contributed by atoms with Gasteiger partial charge in [0.1, 0.15) is 21.5 Å². The second kappa shape index (κ2) is 5.54. The third kappa shape index (κ3) is 3.02. The zero-order chi connectivity index (χ0) is 16.7. The zero-order valence-electron chi connectivity index (χ0n) is 12.8. The van der Waals surface area contributed by atoms with Gasteiger partial charge in [-0.25, -0.2) is 18.8 Å². The molecule has 3 N–H and O–H groups in total. The van der Waals surface area contributed by atoms with Crippen molar-refractivity contribution in [3.63, 3.8) is 0 Å². The van der Waals surface area contributed by atoms with Crippen molar-refractivity contribution in [1.29, 1.82) is 0 Å². The summed E-state index contributed by atoms with van der Waals surface area (Å²) in [5, 5.41) is 0. The summed E-state index contributed by atoms with van der Waals surface area (Å²) in [7, 11) is -4.62. The summed E-state index contributed by atoms with van der Waals surface area (Å²) in [6.45, 7) is 6.91. The molecule has 0 saturated heterocycles. The number of nitrogen functional groups attached to an aromatic ring is 1. The fourth-order valence-electron chi connectivity index (χ4n) is 2.30. The Morgan fingerprint density at radius 3 is 2.45 bits per heavy atom.